The van der Waals surface area contributed by atoms with E-state index in [1.807, 2.05) is 0 Å². The molecule has 0 radical (unpaired) electrons. The summed E-state index contributed by atoms with van der Waals surface area (Å²) in [6.07, 6.45) is 2.75. The van der Waals surface area contributed by atoms with Crippen LogP contribution >= 0.6 is 0 Å². The summed E-state index contributed by atoms with van der Waals surface area (Å²) >= 11 is 0. The number of hydrogen-bond acceptors (Lipinski definition) is 1. The van der Waals surface area contributed by atoms with Crippen molar-refractivity contribution in [3.05, 3.63) is 0 Å². The molecule has 2 unspecified atom stereocenters. The molecule has 0 aromatic carbocycles. The molecule has 1 fully saturated rings. The van der Waals surface area contributed by atoms with E-state index >= 15 is 0 Å². The molecule has 1 aliphatic carbocycles. The van der Waals surface area contributed by atoms with Crippen LogP contribution in [0.4, 0.5) is 0 Å². The van der Waals surface area contributed by atoms with Gasteiger partial charge in [-0.2, -0.15) is 0 Å². The lowest BCUT2D eigenvalue weighted by Crippen LogP contribution is -2.32. The Hall–Kier alpha value is -0.530. The summed E-state index contributed by atoms with van der Waals surface area (Å²) in [5, 5.41) is 8.83. The number of rotatable bonds is 1. The molecule has 70 valence electrons. The Morgan fingerprint density at radius 3 is 2.50 bits per heavy atom. The summed E-state index contributed by atoms with van der Waals surface area (Å²) in [6.45, 7) is 6.63. The Bertz CT molecular complexity index is 184. The van der Waals surface area contributed by atoms with Crippen molar-refractivity contribution in [3.8, 4) is 0 Å². The van der Waals surface area contributed by atoms with Gasteiger partial charge in [0, 0.05) is 0 Å². The minimum Gasteiger partial charge on any atom is -0.481 e. The highest BCUT2D eigenvalue weighted by Gasteiger charge is 2.35. The van der Waals surface area contributed by atoms with Gasteiger partial charge in [0.15, 0.2) is 0 Å². The first-order valence-electron chi connectivity index (χ1n) is 4.66. The molecule has 0 amide bonds. The molecule has 2 atom stereocenters. The normalized spacial score (nSPS) is 34.6. The second-order valence-electron chi connectivity index (χ2n) is 4.70. The first-order valence-corrected chi connectivity index (χ1v) is 4.66. The smallest absolute Gasteiger partial charge is 0.306 e. The third kappa shape index (κ3) is 1.79. The van der Waals surface area contributed by atoms with E-state index in [4.69, 9.17) is 5.11 Å². The average Bonchev–Trinajstić information content (AvgIpc) is 1.94. The zero-order chi connectivity index (χ0) is 9.35. The molecule has 0 bridgehead atoms. The zero-order valence-corrected chi connectivity index (χ0v) is 8.13. The van der Waals surface area contributed by atoms with Crippen molar-refractivity contribution in [2.45, 2.75) is 40.0 Å². The van der Waals surface area contributed by atoms with Gasteiger partial charge in [0.1, 0.15) is 0 Å². The predicted octanol–water partition coefficient (Wildman–Crippen LogP) is 2.53. The van der Waals surface area contributed by atoms with Crippen molar-refractivity contribution < 1.29 is 9.90 Å². The first-order chi connectivity index (χ1) is 5.43. The molecule has 1 saturated carbocycles. The Morgan fingerprint density at radius 2 is 2.08 bits per heavy atom. The monoisotopic (exact) mass is 170 g/mol. The van der Waals surface area contributed by atoms with Crippen LogP contribution in [0.15, 0.2) is 0 Å². The molecular formula is C10H18O2. The van der Waals surface area contributed by atoms with Gasteiger partial charge in [-0.25, -0.2) is 0 Å². The van der Waals surface area contributed by atoms with Gasteiger partial charge in [0.05, 0.1) is 5.92 Å². The Kier molecular flexibility index (Phi) is 2.45. The van der Waals surface area contributed by atoms with Crippen LogP contribution in [0, 0.1) is 17.3 Å². The second-order valence-corrected chi connectivity index (χ2v) is 4.70. The fourth-order valence-corrected chi connectivity index (χ4v) is 1.88. The summed E-state index contributed by atoms with van der Waals surface area (Å²) in [7, 11) is 0. The molecule has 0 spiro atoms. The number of hydrogen-bond donors (Lipinski definition) is 1. The number of carboxylic acid groups (broad SMARTS) is 1. The fraction of sp³-hybridized carbons (Fsp3) is 0.900. The number of aliphatic carboxylic acids is 1. The van der Waals surface area contributed by atoms with E-state index in [0.717, 1.165) is 19.3 Å². The lowest BCUT2D eigenvalue weighted by molar-refractivity contribution is -0.144. The maximum Gasteiger partial charge on any atom is 0.306 e. The third-order valence-corrected chi connectivity index (χ3v) is 3.46. The SMILES string of the molecule is CC1CC(C(=O)O)CCC1(C)C. The molecule has 1 rings (SSSR count). The minimum absolute atomic E-state index is 0.0898. The van der Waals surface area contributed by atoms with Crippen LogP contribution in [0.25, 0.3) is 0 Å². The third-order valence-electron chi connectivity index (χ3n) is 3.46. The standard InChI is InChI=1S/C10H18O2/c1-7-6-8(9(11)12)4-5-10(7,2)3/h7-8H,4-6H2,1-3H3,(H,11,12). The van der Waals surface area contributed by atoms with Crippen molar-refractivity contribution in [2.24, 2.45) is 17.3 Å². The maximum atomic E-state index is 10.7. The summed E-state index contributed by atoms with van der Waals surface area (Å²) in [6, 6.07) is 0. The minimum atomic E-state index is -0.614. The molecule has 1 N–H and O–H groups in total. The van der Waals surface area contributed by atoms with Gasteiger partial charge in [0.25, 0.3) is 0 Å². The highest BCUT2D eigenvalue weighted by molar-refractivity contribution is 5.70. The van der Waals surface area contributed by atoms with E-state index in [0.29, 0.717) is 11.3 Å². The fourth-order valence-electron chi connectivity index (χ4n) is 1.88. The van der Waals surface area contributed by atoms with Crippen molar-refractivity contribution >= 4 is 5.97 Å². The quantitative estimate of drug-likeness (QED) is 0.656. The van der Waals surface area contributed by atoms with Crippen LogP contribution in [0.3, 0.4) is 0 Å². The Balaban J connectivity index is 2.58. The summed E-state index contributed by atoms with van der Waals surface area (Å²) in [5.74, 6) is -0.169. The van der Waals surface area contributed by atoms with Crippen LogP contribution in [0.2, 0.25) is 0 Å². The lowest BCUT2D eigenvalue weighted by Gasteiger charge is -2.38. The van der Waals surface area contributed by atoms with Crippen LogP contribution in [0.5, 0.6) is 0 Å². The molecule has 2 heteroatoms. The maximum absolute atomic E-state index is 10.7. The van der Waals surface area contributed by atoms with E-state index in [-0.39, 0.29) is 5.92 Å². The van der Waals surface area contributed by atoms with Crippen LogP contribution in [0.1, 0.15) is 40.0 Å². The average molecular weight is 170 g/mol. The molecule has 0 aliphatic heterocycles. The van der Waals surface area contributed by atoms with Gasteiger partial charge in [-0.3, -0.25) is 4.79 Å². The molecule has 2 nitrogen and oxygen atoms in total. The van der Waals surface area contributed by atoms with Gasteiger partial charge in [-0.15, -0.1) is 0 Å². The van der Waals surface area contributed by atoms with Gasteiger partial charge in [-0.1, -0.05) is 20.8 Å². The van der Waals surface area contributed by atoms with Gasteiger partial charge in [0.2, 0.25) is 0 Å². The van der Waals surface area contributed by atoms with Crippen molar-refractivity contribution in [3.63, 3.8) is 0 Å². The van der Waals surface area contributed by atoms with Crippen LogP contribution in [-0.4, -0.2) is 11.1 Å². The van der Waals surface area contributed by atoms with Gasteiger partial charge in [-0.05, 0) is 30.6 Å². The van der Waals surface area contributed by atoms with Crippen molar-refractivity contribution in [2.75, 3.05) is 0 Å². The molecular weight excluding hydrogens is 152 g/mol. The predicted molar refractivity (Wildman–Crippen MR) is 47.9 cm³/mol. The Labute approximate surface area is 74.0 Å². The molecule has 0 heterocycles. The van der Waals surface area contributed by atoms with Crippen LogP contribution in [-0.2, 0) is 4.79 Å². The number of carboxylic acids is 1. The van der Waals surface area contributed by atoms with E-state index in [1.54, 1.807) is 0 Å². The van der Waals surface area contributed by atoms with Gasteiger partial charge >= 0.3 is 5.97 Å². The van der Waals surface area contributed by atoms with E-state index in [1.165, 1.54) is 0 Å². The molecule has 1 aliphatic rings. The first kappa shape index (κ1) is 9.56. The van der Waals surface area contributed by atoms with Gasteiger partial charge < -0.3 is 5.11 Å². The molecule has 0 saturated heterocycles. The van der Waals surface area contributed by atoms with Crippen molar-refractivity contribution in [1.29, 1.82) is 0 Å². The highest BCUT2D eigenvalue weighted by atomic mass is 16.4. The van der Waals surface area contributed by atoms with Crippen molar-refractivity contribution in [1.82, 2.24) is 0 Å². The van der Waals surface area contributed by atoms with E-state index in [2.05, 4.69) is 20.8 Å². The van der Waals surface area contributed by atoms with E-state index in [9.17, 15) is 4.79 Å². The highest BCUT2D eigenvalue weighted by Crippen LogP contribution is 2.42. The Morgan fingerprint density at radius 1 is 1.50 bits per heavy atom. The lowest BCUT2D eigenvalue weighted by atomic mass is 9.66. The topological polar surface area (TPSA) is 37.3 Å². The number of carbonyl (C=O) groups is 1. The second kappa shape index (κ2) is 3.08. The zero-order valence-electron chi connectivity index (χ0n) is 8.13. The summed E-state index contributed by atoms with van der Waals surface area (Å²) < 4.78 is 0. The molecule has 0 aromatic heterocycles. The summed E-state index contributed by atoms with van der Waals surface area (Å²) in [4.78, 5) is 10.7. The molecule has 12 heavy (non-hydrogen) atoms. The van der Waals surface area contributed by atoms with Crippen LogP contribution < -0.4 is 0 Å². The molecule has 0 aromatic rings. The van der Waals surface area contributed by atoms with E-state index < -0.39 is 5.97 Å². The largest absolute Gasteiger partial charge is 0.481 e. The summed E-state index contributed by atoms with van der Waals surface area (Å²) in [5.41, 5.74) is 0.339.